The maximum absolute atomic E-state index is 14.7. The van der Waals surface area contributed by atoms with E-state index in [2.05, 4.69) is 14.9 Å². The lowest BCUT2D eigenvalue weighted by atomic mass is 10.0. The lowest BCUT2D eigenvalue weighted by Gasteiger charge is -2.36. The Labute approximate surface area is 192 Å². The number of methoxy groups -OCH3 is 1. The molecular weight excluding hydrogens is 425 g/mol. The number of nitrogens with one attached hydrogen (secondary N) is 1. The fraction of sp³-hybridized carbons (Fsp3) is 0.458. The molecule has 4 rings (SSSR count). The van der Waals surface area contributed by atoms with E-state index in [1.807, 2.05) is 41.3 Å². The van der Waals surface area contributed by atoms with E-state index in [9.17, 15) is 9.18 Å². The maximum atomic E-state index is 14.7. The molecule has 9 heteroatoms. The Bertz CT molecular complexity index is 1110. The van der Waals surface area contributed by atoms with Crippen molar-refractivity contribution in [1.29, 1.82) is 0 Å². The summed E-state index contributed by atoms with van der Waals surface area (Å²) in [5.41, 5.74) is 2.01. The molecule has 1 aliphatic rings. The molecule has 1 aromatic carbocycles. The van der Waals surface area contributed by atoms with Crippen LogP contribution >= 0.6 is 0 Å². The fourth-order valence-corrected chi connectivity index (χ4v) is 3.95. The number of anilines is 1. The highest BCUT2D eigenvalue weighted by Crippen LogP contribution is 2.27. The summed E-state index contributed by atoms with van der Waals surface area (Å²) in [6.45, 7) is 6.62. The molecule has 2 atom stereocenters. The summed E-state index contributed by atoms with van der Waals surface area (Å²) in [7, 11) is 1.61. The average Bonchev–Trinajstić information content (AvgIpc) is 3.13. The number of alkyl halides is 1. The highest BCUT2D eigenvalue weighted by molar-refractivity contribution is 5.79. The number of benzene rings is 1. The van der Waals surface area contributed by atoms with Gasteiger partial charge in [-0.2, -0.15) is 0 Å². The number of carbonyl (C=O) groups is 1. The van der Waals surface area contributed by atoms with Crippen molar-refractivity contribution in [3.8, 4) is 5.75 Å². The third-order valence-electron chi connectivity index (χ3n) is 5.50. The van der Waals surface area contributed by atoms with Crippen LogP contribution in [0.1, 0.15) is 32.9 Å². The van der Waals surface area contributed by atoms with E-state index in [0.29, 0.717) is 25.4 Å². The van der Waals surface area contributed by atoms with Gasteiger partial charge in [-0.25, -0.2) is 14.2 Å². The van der Waals surface area contributed by atoms with E-state index < -0.39 is 23.9 Å². The Morgan fingerprint density at radius 2 is 2.03 bits per heavy atom. The number of halogens is 1. The highest BCUT2D eigenvalue weighted by atomic mass is 19.1. The van der Waals surface area contributed by atoms with Crippen LogP contribution in [0.5, 0.6) is 5.75 Å². The minimum Gasteiger partial charge on any atom is -0.495 e. The van der Waals surface area contributed by atoms with Crippen molar-refractivity contribution in [2.24, 2.45) is 0 Å². The Morgan fingerprint density at radius 1 is 1.24 bits per heavy atom. The van der Waals surface area contributed by atoms with Crippen molar-refractivity contribution in [3.63, 3.8) is 0 Å². The smallest absolute Gasteiger partial charge is 0.408 e. The van der Waals surface area contributed by atoms with Gasteiger partial charge in [-0.15, -0.1) is 0 Å². The second kappa shape index (κ2) is 9.25. The first-order valence-corrected chi connectivity index (χ1v) is 11.1. The molecule has 1 aliphatic heterocycles. The number of hydrogen-bond acceptors (Lipinski definition) is 6. The van der Waals surface area contributed by atoms with E-state index in [1.165, 1.54) is 0 Å². The SMILES string of the molecule is COc1ccc(Cn2c(N3CC[C@@H](F)[C@H](NC(=O)OC(C)(C)C)C3)nc3ccccc32)nc1. The molecular formula is C24H30FN5O3. The number of para-hydroxylation sites is 2. The number of aromatic nitrogens is 3. The Balaban J connectivity index is 1.60. The van der Waals surface area contributed by atoms with Gasteiger partial charge in [-0.1, -0.05) is 12.1 Å². The summed E-state index contributed by atoms with van der Waals surface area (Å²) in [6.07, 6.45) is 0.191. The molecule has 1 amide bonds. The number of imidazole rings is 1. The van der Waals surface area contributed by atoms with Crippen molar-refractivity contribution >= 4 is 23.1 Å². The van der Waals surface area contributed by atoms with Crippen molar-refractivity contribution < 1.29 is 18.7 Å². The zero-order chi connectivity index (χ0) is 23.6. The topological polar surface area (TPSA) is 81.5 Å². The fourth-order valence-electron chi connectivity index (χ4n) is 3.95. The van der Waals surface area contributed by atoms with Gasteiger partial charge in [-0.3, -0.25) is 4.98 Å². The summed E-state index contributed by atoms with van der Waals surface area (Å²) in [5.74, 6) is 1.41. The predicted molar refractivity (Wildman–Crippen MR) is 125 cm³/mol. The normalized spacial score (nSPS) is 18.9. The van der Waals surface area contributed by atoms with Crippen LogP contribution in [0, 0.1) is 0 Å². The molecule has 0 radical (unpaired) electrons. The summed E-state index contributed by atoms with van der Waals surface area (Å²) in [6, 6.07) is 11.0. The molecule has 0 spiro atoms. The van der Waals surface area contributed by atoms with Crippen LogP contribution in [0.2, 0.25) is 0 Å². The molecule has 176 valence electrons. The zero-order valence-corrected chi connectivity index (χ0v) is 19.4. The molecule has 0 bridgehead atoms. The molecule has 0 unspecified atom stereocenters. The van der Waals surface area contributed by atoms with Crippen LogP contribution in [0.15, 0.2) is 42.6 Å². The van der Waals surface area contributed by atoms with Crippen molar-refractivity contribution in [2.45, 2.75) is 51.6 Å². The first-order valence-electron chi connectivity index (χ1n) is 11.1. The number of amides is 1. The Morgan fingerprint density at radius 3 is 2.73 bits per heavy atom. The van der Waals surface area contributed by atoms with Crippen LogP contribution in [-0.2, 0) is 11.3 Å². The lowest BCUT2D eigenvalue weighted by molar-refractivity contribution is 0.0465. The number of pyridine rings is 1. The quantitative estimate of drug-likeness (QED) is 0.628. The number of alkyl carbamates (subject to hydrolysis) is 1. The van der Waals surface area contributed by atoms with E-state index >= 15 is 0 Å². The summed E-state index contributed by atoms with van der Waals surface area (Å²) >= 11 is 0. The molecule has 3 aromatic rings. The van der Waals surface area contributed by atoms with Crippen LogP contribution in [0.4, 0.5) is 15.1 Å². The number of piperidine rings is 1. The highest BCUT2D eigenvalue weighted by Gasteiger charge is 2.33. The largest absolute Gasteiger partial charge is 0.495 e. The van der Waals surface area contributed by atoms with Crippen LogP contribution in [0.3, 0.4) is 0 Å². The van der Waals surface area contributed by atoms with Gasteiger partial charge in [0, 0.05) is 13.1 Å². The Kier molecular flexibility index (Phi) is 6.40. The lowest BCUT2D eigenvalue weighted by Crippen LogP contribution is -2.55. The first kappa shape index (κ1) is 22.8. The molecule has 8 nitrogen and oxygen atoms in total. The van der Waals surface area contributed by atoms with Gasteiger partial charge in [0.05, 0.1) is 42.6 Å². The summed E-state index contributed by atoms with van der Waals surface area (Å²) in [4.78, 5) is 23.6. The predicted octanol–water partition coefficient (Wildman–Crippen LogP) is 3.93. The molecule has 2 aromatic heterocycles. The van der Waals surface area contributed by atoms with Gasteiger partial charge in [0.15, 0.2) is 0 Å². The monoisotopic (exact) mass is 455 g/mol. The van der Waals surface area contributed by atoms with Crippen molar-refractivity contribution in [3.05, 3.63) is 48.3 Å². The summed E-state index contributed by atoms with van der Waals surface area (Å²) in [5, 5.41) is 2.70. The van der Waals surface area contributed by atoms with Gasteiger partial charge >= 0.3 is 6.09 Å². The van der Waals surface area contributed by atoms with Crippen LogP contribution in [0.25, 0.3) is 11.0 Å². The van der Waals surface area contributed by atoms with Crippen LogP contribution < -0.4 is 15.0 Å². The zero-order valence-electron chi connectivity index (χ0n) is 19.4. The second-order valence-electron chi connectivity index (χ2n) is 9.18. The van der Waals surface area contributed by atoms with Gasteiger partial charge in [0.25, 0.3) is 0 Å². The number of carbonyl (C=O) groups excluding carboxylic acids is 1. The average molecular weight is 456 g/mol. The van der Waals surface area contributed by atoms with E-state index in [-0.39, 0.29) is 6.42 Å². The summed E-state index contributed by atoms with van der Waals surface area (Å²) < 4.78 is 27.3. The molecule has 0 aliphatic carbocycles. The number of ether oxygens (including phenoxy) is 2. The molecule has 33 heavy (non-hydrogen) atoms. The van der Waals surface area contributed by atoms with Crippen LogP contribution in [-0.4, -0.2) is 58.6 Å². The number of rotatable bonds is 5. The second-order valence-corrected chi connectivity index (χ2v) is 9.18. The molecule has 1 fully saturated rings. The van der Waals surface area contributed by atoms with Gasteiger partial charge in [0.2, 0.25) is 5.95 Å². The van der Waals surface area contributed by atoms with E-state index in [1.54, 1.807) is 34.1 Å². The Hall–Kier alpha value is -3.36. The molecule has 3 heterocycles. The standard InChI is InChI=1S/C24H30FN5O3/c1-24(2,3)33-23(31)28-20-15-29(12-11-18(20)25)22-27-19-7-5-6-8-21(19)30(22)14-16-9-10-17(32-4)13-26-16/h5-10,13,18,20H,11-12,14-15H2,1-4H3,(H,28,31)/t18-,20-/m1/s1. The molecule has 1 N–H and O–H groups in total. The first-order chi connectivity index (χ1) is 15.7. The minimum atomic E-state index is -1.16. The third kappa shape index (κ3) is 5.35. The van der Waals surface area contributed by atoms with Gasteiger partial charge < -0.3 is 24.3 Å². The number of fused-ring (bicyclic) bond motifs is 1. The minimum absolute atomic E-state index is 0.282. The maximum Gasteiger partial charge on any atom is 0.408 e. The number of nitrogens with zero attached hydrogens (tertiary/aromatic N) is 4. The third-order valence-corrected chi connectivity index (χ3v) is 5.50. The van der Waals surface area contributed by atoms with Crippen molar-refractivity contribution in [2.75, 3.05) is 25.1 Å². The van der Waals surface area contributed by atoms with Crippen molar-refractivity contribution in [1.82, 2.24) is 19.9 Å². The van der Waals surface area contributed by atoms with E-state index in [4.69, 9.17) is 14.5 Å². The van der Waals surface area contributed by atoms with E-state index in [0.717, 1.165) is 22.7 Å². The molecule has 1 saturated heterocycles. The molecule has 0 saturated carbocycles. The van der Waals surface area contributed by atoms with Gasteiger partial charge in [0.1, 0.15) is 17.5 Å². The van der Waals surface area contributed by atoms with Gasteiger partial charge in [-0.05, 0) is 51.5 Å². The number of hydrogen-bond donors (Lipinski definition) is 1.